The van der Waals surface area contributed by atoms with Crippen molar-refractivity contribution in [2.24, 2.45) is 0 Å². The maximum Gasteiger partial charge on any atom is 0.0410 e. The van der Waals surface area contributed by atoms with E-state index in [1.165, 1.54) is 11.1 Å². The molecular weight excluding hydrogens is 216 g/mol. The Morgan fingerprint density at radius 1 is 1.42 bits per heavy atom. The van der Waals surface area contributed by atoms with Crippen LogP contribution in [0.4, 0.5) is 0 Å². The maximum atomic E-state index is 4.08. The third kappa shape index (κ3) is 1.73. The van der Waals surface area contributed by atoms with Crippen molar-refractivity contribution in [3.63, 3.8) is 0 Å². The fraction of sp³-hybridized carbons (Fsp3) is 0.222. The van der Waals surface area contributed by atoms with Crippen molar-refractivity contribution < 1.29 is 0 Å². The first-order chi connectivity index (χ1) is 5.84. The Morgan fingerprint density at radius 3 is 2.83 bits per heavy atom. The van der Waals surface area contributed by atoms with E-state index in [0.29, 0.717) is 0 Å². The van der Waals surface area contributed by atoms with Crippen LogP contribution in [0.25, 0.3) is 6.08 Å². The number of hydrogen-bond donors (Lipinski definition) is 1. The second kappa shape index (κ2) is 3.37. The topological polar surface area (TPSA) is 24.9 Å². The second-order valence-electron chi connectivity index (χ2n) is 2.84. The first kappa shape index (κ1) is 7.95. The molecule has 0 atom stereocenters. The molecule has 1 aromatic rings. The highest BCUT2D eigenvalue weighted by atomic mass is 79.9. The Bertz CT molecular complexity index is 314. The van der Waals surface area contributed by atoms with Crippen LogP contribution in [0.5, 0.6) is 0 Å². The number of nitrogens with zero attached hydrogens (tertiary/aromatic N) is 1. The Kier molecular flexibility index (Phi) is 2.23. The standard InChI is InChI=1S/C9H9BrN2/c10-9-2-7(3-12-6-9)1-8-4-11-5-8/h1-3,6,11H,4-5H2. The summed E-state index contributed by atoms with van der Waals surface area (Å²) in [6.07, 6.45) is 5.84. The first-order valence-electron chi connectivity index (χ1n) is 3.85. The summed E-state index contributed by atoms with van der Waals surface area (Å²) in [6, 6.07) is 2.07. The van der Waals surface area contributed by atoms with Crippen molar-refractivity contribution in [2.75, 3.05) is 13.1 Å². The van der Waals surface area contributed by atoms with Crippen molar-refractivity contribution in [1.29, 1.82) is 0 Å². The van der Waals surface area contributed by atoms with Gasteiger partial charge in [0, 0.05) is 30.0 Å². The summed E-state index contributed by atoms with van der Waals surface area (Å²) in [5, 5.41) is 3.20. The van der Waals surface area contributed by atoms with Crippen LogP contribution in [-0.4, -0.2) is 18.1 Å². The van der Waals surface area contributed by atoms with Crippen LogP contribution in [0.1, 0.15) is 5.56 Å². The van der Waals surface area contributed by atoms with E-state index in [1.54, 1.807) is 6.20 Å². The lowest BCUT2D eigenvalue weighted by Gasteiger charge is -2.18. The van der Waals surface area contributed by atoms with E-state index in [1.807, 2.05) is 6.20 Å². The molecule has 2 rings (SSSR count). The first-order valence-corrected chi connectivity index (χ1v) is 4.64. The van der Waals surface area contributed by atoms with Crippen LogP contribution in [0.2, 0.25) is 0 Å². The zero-order valence-electron chi connectivity index (χ0n) is 6.55. The average molecular weight is 225 g/mol. The number of rotatable bonds is 1. The number of hydrogen-bond acceptors (Lipinski definition) is 2. The SMILES string of the molecule is Brc1cncc(C=C2CNC2)c1. The van der Waals surface area contributed by atoms with E-state index < -0.39 is 0 Å². The Hall–Kier alpha value is -0.670. The summed E-state index contributed by atoms with van der Waals surface area (Å²) in [6.45, 7) is 2.04. The monoisotopic (exact) mass is 224 g/mol. The van der Waals surface area contributed by atoms with Gasteiger partial charge in [-0.15, -0.1) is 0 Å². The number of nitrogens with one attached hydrogen (secondary N) is 1. The fourth-order valence-electron chi connectivity index (χ4n) is 1.11. The van der Waals surface area contributed by atoms with Crippen molar-refractivity contribution >= 4 is 22.0 Å². The summed E-state index contributed by atoms with van der Waals surface area (Å²) >= 11 is 3.38. The molecule has 0 bridgehead atoms. The number of aromatic nitrogens is 1. The third-order valence-corrected chi connectivity index (χ3v) is 2.23. The lowest BCUT2D eigenvalue weighted by atomic mass is 10.1. The summed E-state index contributed by atoms with van der Waals surface area (Å²) in [5.74, 6) is 0. The molecule has 0 aliphatic carbocycles. The minimum absolute atomic E-state index is 1.02. The molecule has 0 saturated carbocycles. The molecule has 62 valence electrons. The van der Waals surface area contributed by atoms with Crippen LogP contribution in [0.3, 0.4) is 0 Å². The Labute approximate surface area is 79.8 Å². The lowest BCUT2D eigenvalue weighted by molar-refractivity contribution is 0.675. The van der Waals surface area contributed by atoms with Gasteiger partial charge in [-0.25, -0.2) is 0 Å². The molecule has 0 amide bonds. The van der Waals surface area contributed by atoms with Crippen LogP contribution < -0.4 is 5.32 Å². The molecule has 1 fully saturated rings. The largest absolute Gasteiger partial charge is 0.309 e. The molecule has 1 N–H and O–H groups in total. The van der Waals surface area contributed by atoms with Crippen molar-refractivity contribution in [2.45, 2.75) is 0 Å². The van der Waals surface area contributed by atoms with Crippen LogP contribution >= 0.6 is 15.9 Å². The van der Waals surface area contributed by atoms with Gasteiger partial charge in [-0.3, -0.25) is 4.98 Å². The van der Waals surface area contributed by atoms with Gasteiger partial charge < -0.3 is 5.32 Å². The highest BCUT2D eigenvalue weighted by Crippen LogP contribution is 2.13. The van der Waals surface area contributed by atoms with Crippen molar-refractivity contribution in [1.82, 2.24) is 10.3 Å². The minimum atomic E-state index is 1.02. The van der Waals surface area contributed by atoms with Gasteiger partial charge in [0.1, 0.15) is 0 Å². The molecule has 1 aliphatic heterocycles. The minimum Gasteiger partial charge on any atom is -0.309 e. The highest BCUT2D eigenvalue weighted by molar-refractivity contribution is 9.10. The predicted octanol–water partition coefficient (Wildman–Crippen LogP) is 1.83. The molecule has 1 aliphatic rings. The molecule has 2 heterocycles. The molecule has 0 radical (unpaired) electrons. The van der Waals surface area contributed by atoms with Gasteiger partial charge >= 0.3 is 0 Å². The number of halogens is 1. The molecule has 0 unspecified atom stereocenters. The van der Waals surface area contributed by atoms with Crippen LogP contribution in [0.15, 0.2) is 28.5 Å². The molecule has 1 aromatic heterocycles. The van der Waals surface area contributed by atoms with E-state index in [4.69, 9.17) is 0 Å². The van der Waals surface area contributed by atoms with Gasteiger partial charge in [0.2, 0.25) is 0 Å². The molecule has 3 heteroatoms. The van der Waals surface area contributed by atoms with Crippen molar-refractivity contribution in [3.05, 3.63) is 34.1 Å². The maximum absolute atomic E-state index is 4.08. The van der Waals surface area contributed by atoms with E-state index in [-0.39, 0.29) is 0 Å². The van der Waals surface area contributed by atoms with Crippen LogP contribution in [-0.2, 0) is 0 Å². The molecule has 0 spiro atoms. The molecule has 0 aromatic carbocycles. The quantitative estimate of drug-likeness (QED) is 0.788. The predicted molar refractivity (Wildman–Crippen MR) is 52.8 cm³/mol. The van der Waals surface area contributed by atoms with Gasteiger partial charge in [0.05, 0.1) is 0 Å². The van der Waals surface area contributed by atoms with E-state index in [0.717, 1.165) is 17.6 Å². The third-order valence-electron chi connectivity index (χ3n) is 1.80. The zero-order chi connectivity index (χ0) is 8.39. The molecule has 1 saturated heterocycles. The number of pyridine rings is 1. The average Bonchev–Trinajstić information content (AvgIpc) is 1.97. The Morgan fingerprint density at radius 2 is 2.25 bits per heavy atom. The van der Waals surface area contributed by atoms with Crippen molar-refractivity contribution in [3.8, 4) is 0 Å². The molecule has 2 nitrogen and oxygen atoms in total. The summed E-state index contributed by atoms with van der Waals surface area (Å²) < 4.78 is 1.03. The summed E-state index contributed by atoms with van der Waals surface area (Å²) in [5.41, 5.74) is 2.61. The smallest absolute Gasteiger partial charge is 0.0410 e. The van der Waals surface area contributed by atoms with Crippen LogP contribution in [0, 0.1) is 0 Å². The Balaban J connectivity index is 2.22. The molecular formula is C9H9BrN2. The molecule has 12 heavy (non-hydrogen) atoms. The summed E-state index contributed by atoms with van der Waals surface area (Å²) in [7, 11) is 0. The second-order valence-corrected chi connectivity index (χ2v) is 3.76. The highest BCUT2D eigenvalue weighted by Gasteiger charge is 2.06. The normalized spacial score (nSPS) is 15.6. The van der Waals surface area contributed by atoms with Gasteiger partial charge in [-0.05, 0) is 33.1 Å². The summed E-state index contributed by atoms with van der Waals surface area (Å²) in [4.78, 5) is 4.08. The van der Waals surface area contributed by atoms with E-state index >= 15 is 0 Å². The van der Waals surface area contributed by atoms with Gasteiger partial charge in [-0.1, -0.05) is 6.08 Å². The van der Waals surface area contributed by atoms with E-state index in [9.17, 15) is 0 Å². The fourth-order valence-corrected chi connectivity index (χ4v) is 1.50. The lowest BCUT2D eigenvalue weighted by Crippen LogP contribution is -2.33. The zero-order valence-corrected chi connectivity index (χ0v) is 8.13. The van der Waals surface area contributed by atoms with Gasteiger partial charge in [0.15, 0.2) is 0 Å². The van der Waals surface area contributed by atoms with E-state index in [2.05, 4.69) is 38.4 Å². The van der Waals surface area contributed by atoms with Gasteiger partial charge in [0.25, 0.3) is 0 Å². The van der Waals surface area contributed by atoms with Gasteiger partial charge in [-0.2, -0.15) is 0 Å².